The number of hydrogen-bond acceptors (Lipinski definition) is 5. The molecule has 1 heterocycles. The normalized spacial score (nSPS) is 11.7. The lowest BCUT2D eigenvalue weighted by molar-refractivity contribution is 0.602. The average molecular weight is 359 g/mol. The Hall–Kier alpha value is -2.54. The summed E-state index contributed by atoms with van der Waals surface area (Å²) in [4.78, 5) is 3.92. The quantitative estimate of drug-likeness (QED) is 0.673. The third-order valence-corrected chi connectivity index (χ3v) is 4.46. The first-order valence-corrected chi connectivity index (χ1v) is 9.62. The van der Waals surface area contributed by atoms with E-state index in [9.17, 15) is 8.42 Å². The molecule has 0 N–H and O–H groups in total. The zero-order valence-electron chi connectivity index (χ0n) is 14.9. The third-order valence-electron chi connectivity index (χ3n) is 3.95. The Morgan fingerprint density at radius 3 is 1.64 bits per heavy atom. The van der Waals surface area contributed by atoms with E-state index < -0.39 is 10.0 Å². The summed E-state index contributed by atoms with van der Waals surface area (Å²) in [6.07, 6.45) is 1.09. The molecule has 0 saturated carbocycles. The first kappa shape index (κ1) is 17.3. The van der Waals surface area contributed by atoms with Gasteiger partial charge in [-0.2, -0.15) is 4.40 Å². The van der Waals surface area contributed by atoms with E-state index in [1.807, 2.05) is 74.4 Å². The Bertz CT molecular complexity index is 1060. The summed E-state index contributed by atoms with van der Waals surface area (Å²) in [5.41, 5.74) is 3.11. The van der Waals surface area contributed by atoms with Gasteiger partial charge in [0.1, 0.15) is 11.2 Å². The van der Waals surface area contributed by atoms with E-state index in [1.54, 1.807) is 0 Å². The summed E-state index contributed by atoms with van der Waals surface area (Å²) in [6.45, 7) is 0. The van der Waals surface area contributed by atoms with Gasteiger partial charge in [-0.15, -0.1) is 0 Å². The Balaban J connectivity index is 2.50. The maximum Gasteiger partial charge on any atom is 0.250 e. The minimum Gasteiger partial charge on any atom is -0.456 e. The van der Waals surface area contributed by atoms with Crippen LogP contribution in [0.15, 0.2) is 45.2 Å². The average Bonchev–Trinajstić information content (AvgIpc) is 2.52. The van der Waals surface area contributed by atoms with Gasteiger partial charge >= 0.3 is 0 Å². The molecule has 3 rings (SSSR count). The van der Waals surface area contributed by atoms with Crippen LogP contribution in [-0.4, -0.2) is 42.9 Å². The molecule has 0 aliphatic carbocycles. The molecule has 132 valence electrons. The number of benzene rings is 2. The summed E-state index contributed by atoms with van der Waals surface area (Å²) in [5.74, 6) is 0. The molecule has 0 saturated heterocycles. The predicted molar refractivity (Wildman–Crippen MR) is 103 cm³/mol. The lowest BCUT2D eigenvalue weighted by atomic mass is 10.1. The highest BCUT2D eigenvalue weighted by Crippen LogP contribution is 2.25. The first-order chi connectivity index (χ1) is 11.7. The van der Waals surface area contributed by atoms with Crippen molar-refractivity contribution in [1.82, 2.24) is 0 Å². The van der Waals surface area contributed by atoms with Gasteiger partial charge in [-0.1, -0.05) is 0 Å². The standard InChI is InChI=1S/C18H21N3O3S/c1-20(2)12-6-8-14-16(10-12)24-17-11-13(21(3)4)7-9-15(17)18(14)19-25(5,22)23/h6-11H,1-5H3. The van der Waals surface area contributed by atoms with Gasteiger partial charge in [-0.25, -0.2) is 8.42 Å². The molecular weight excluding hydrogens is 338 g/mol. The van der Waals surface area contributed by atoms with Crippen LogP contribution >= 0.6 is 0 Å². The van der Waals surface area contributed by atoms with Gasteiger partial charge in [-0.3, -0.25) is 0 Å². The molecule has 0 spiro atoms. The molecule has 3 aromatic rings. The highest BCUT2D eigenvalue weighted by molar-refractivity contribution is 7.89. The van der Waals surface area contributed by atoms with Crippen LogP contribution in [0.2, 0.25) is 0 Å². The van der Waals surface area contributed by atoms with E-state index in [0.717, 1.165) is 17.6 Å². The van der Waals surface area contributed by atoms with Crippen molar-refractivity contribution in [2.45, 2.75) is 0 Å². The van der Waals surface area contributed by atoms with Crippen molar-refractivity contribution in [2.75, 3.05) is 44.2 Å². The van der Waals surface area contributed by atoms with Crippen molar-refractivity contribution in [1.29, 1.82) is 0 Å². The van der Waals surface area contributed by atoms with Gasteiger partial charge in [0.15, 0.2) is 0 Å². The van der Waals surface area contributed by atoms with Gasteiger partial charge in [0, 0.05) is 62.5 Å². The number of anilines is 2. The van der Waals surface area contributed by atoms with E-state index in [0.29, 0.717) is 27.3 Å². The van der Waals surface area contributed by atoms with Crippen LogP contribution < -0.4 is 15.2 Å². The molecule has 0 aliphatic rings. The van der Waals surface area contributed by atoms with Gasteiger partial charge < -0.3 is 14.2 Å². The molecule has 25 heavy (non-hydrogen) atoms. The predicted octanol–water partition coefficient (Wildman–Crippen LogP) is 2.58. The smallest absolute Gasteiger partial charge is 0.250 e. The topological polar surface area (TPSA) is 66.1 Å². The monoisotopic (exact) mass is 359 g/mol. The number of hydrogen-bond donors (Lipinski definition) is 0. The Kier molecular flexibility index (Phi) is 4.20. The maximum atomic E-state index is 11.8. The molecule has 0 bridgehead atoms. The molecule has 1 aromatic heterocycles. The second kappa shape index (κ2) is 6.07. The molecule has 0 unspecified atom stereocenters. The van der Waals surface area contributed by atoms with Crippen molar-refractivity contribution < 1.29 is 12.8 Å². The lowest BCUT2D eigenvalue weighted by Gasteiger charge is -2.15. The van der Waals surface area contributed by atoms with Crippen LogP contribution in [0.4, 0.5) is 11.4 Å². The SMILES string of the molecule is CN(C)c1ccc2c(=NS(C)(=O)=O)c3ccc(N(C)C)cc3oc2c1. The Labute approximate surface area is 147 Å². The fourth-order valence-electron chi connectivity index (χ4n) is 2.67. The van der Waals surface area contributed by atoms with Crippen LogP contribution in [0.5, 0.6) is 0 Å². The van der Waals surface area contributed by atoms with Crippen LogP contribution in [0.25, 0.3) is 21.9 Å². The number of rotatable bonds is 3. The number of nitrogens with zero attached hydrogens (tertiary/aromatic N) is 3. The van der Waals surface area contributed by atoms with Crippen LogP contribution in [-0.2, 0) is 10.0 Å². The number of fused-ring (bicyclic) bond motifs is 2. The van der Waals surface area contributed by atoms with Gasteiger partial charge in [0.05, 0.1) is 11.6 Å². The summed E-state index contributed by atoms with van der Waals surface area (Å²) in [7, 11) is 4.20. The minimum absolute atomic E-state index is 0.411. The van der Waals surface area contributed by atoms with Crippen molar-refractivity contribution in [3.05, 3.63) is 41.8 Å². The fraction of sp³-hybridized carbons (Fsp3) is 0.278. The molecule has 2 aromatic carbocycles. The molecule has 0 fully saturated rings. The van der Waals surface area contributed by atoms with Crippen molar-refractivity contribution in [3.63, 3.8) is 0 Å². The van der Waals surface area contributed by atoms with E-state index in [4.69, 9.17) is 4.42 Å². The highest BCUT2D eigenvalue weighted by Gasteiger charge is 2.11. The molecule has 0 amide bonds. The molecule has 0 atom stereocenters. The molecule has 6 nitrogen and oxygen atoms in total. The van der Waals surface area contributed by atoms with Gasteiger partial charge in [0.2, 0.25) is 0 Å². The second-order valence-electron chi connectivity index (χ2n) is 6.42. The Morgan fingerprint density at radius 2 is 1.28 bits per heavy atom. The highest BCUT2D eigenvalue weighted by atomic mass is 32.2. The summed E-state index contributed by atoms with van der Waals surface area (Å²) in [6, 6.07) is 11.3. The second-order valence-corrected chi connectivity index (χ2v) is 8.07. The summed E-state index contributed by atoms with van der Waals surface area (Å²) < 4.78 is 33.7. The largest absolute Gasteiger partial charge is 0.456 e. The van der Waals surface area contributed by atoms with Gasteiger partial charge in [0.25, 0.3) is 10.0 Å². The van der Waals surface area contributed by atoms with E-state index in [-0.39, 0.29) is 0 Å². The summed E-state index contributed by atoms with van der Waals surface area (Å²) >= 11 is 0. The lowest BCUT2D eigenvalue weighted by Crippen LogP contribution is -2.12. The van der Waals surface area contributed by atoms with Crippen molar-refractivity contribution >= 4 is 43.3 Å². The van der Waals surface area contributed by atoms with Crippen molar-refractivity contribution in [2.24, 2.45) is 4.40 Å². The van der Waals surface area contributed by atoms with Crippen LogP contribution in [0.3, 0.4) is 0 Å². The zero-order chi connectivity index (χ0) is 18.4. The van der Waals surface area contributed by atoms with E-state index in [2.05, 4.69) is 4.40 Å². The minimum atomic E-state index is -3.55. The fourth-order valence-corrected chi connectivity index (χ4v) is 3.19. The van der Waals surface area contributed by atoms with E-state index in [1.165, 1.54) is 0 Å². The zero-order valence-corrected chi connectivity index (χ0v) is 15.8. The third kappa shape index (κ3) is 3.46. The molecular formula is C18H21N3O3S. The maximum absolute atomic E-state index is 11.8. The number of sulfonamides is 1. The molecule has 0 radical (unpaired) electrons. The Morgan fingerprint density at radius 1 is 0.840 bits per heavy atom. The van der Waals surface area contributed by atoms with Crippen molar-refractivity contribution in [3.8, 4) is 0 Å². The van der Waals surface area contributed by atoms with E-state index >= 15 is 0 Å². The van der Waals surface area contributed by atoms with Crippen LogP contribution in [0.1, 0.15) is 0 Å². The van der Waals surface area contributed by atoms with Crippen LogP contribution in [0, 0.1) is 0 Å². The molecule has 0 aliphatic heterocycles. The first-order valence-electron chi connectivity index (χ1n) is 7.77. The van der Waals surface area contributed by atoms with Gasteiger partial charge in [-0.05, 0) is 24.3 Å². The molecule has 7 heteroatoms. The summed E-state index contributed by atoms with van der Waals surface area (Å²) in [5, 5.41) is 1.75.